The molecule has 1 aliphatic rings. The lowest BCUT2D eigenvalue weighted by molar-refractivity contribution is -0.133. The molecule has 0 spiro atoms. The SMILES string of the molecule is CC(C)(C)N1C(=O)CC(N)C1c1cc(F)cc(F)c1. The molecule has 104 valence electrons. The van der Waals surface area contributed by atoms with Gasteiger partial charge in [0, 0.05) is 24.1 Å². The number of likely N-dealkylation sites (tertiary alicyclic amines) is 1. The van der Waals surface area contributed by atoms with E-state index >= 15 is 0 Å². The fourth-order valence-electron chi connectivity index (χ4n) is 2.69. The minimum absolute atomic E-state index is 0.0883. The second kappa shape index (κ2) is 4.56. The monoisotopic (exact) mass is 268 g/mol. The molecule has 2 rings (SSSR count). The van der Waals surface area contributed by atoms with Crippen molar-refractivity contribution >= 4 is 5.91 Å². The van der Waals surface area contributed by atoms with Crippen molar-refractivity contribution in [2.24, 2.45) is 5.73 Å². The molecule has 0 bridgehead atoms. The molecule has 2 unspecified atom stereocenters. The lowest BCUT2D eigenvalue weighted by Crippen LogP contribution is -2.45. The molecule has 0 saturated carbocycles. The molecule has 2 N–H and O–H groups in total. The summed E-state index contributed by atoms with van der Waals surface area (Å²) in [5.74, 6) is -1.40. The zero-order chi connectivity index (χ0) is 14.4. The molecule has 1 aromatic rings. The number of carbonyl (C=O) groups is 1. The second-order valence-electron chi connectivity index (χ2n) is 5.95. The predicted octanol–water partition coefficient (Wildman–Crippen LogP) is 2.36. The highest BCUT2D eigenvalue weighted by Crippen LogP contribution is 2.37. The van der Waals surface area contributed by atoms with Crippen LogP contribution in [0.1, 0.15) is 38.8 Å². The number of benzene rings is 1. The summed E-state index contributed by atoms with van der Waals surface area (Å²) in [6, 6.07) is 2.36. The number of carbonyl (C=O) groups excluding carboxylic acids is 1. The molecule has 1 aliphatic heterocycles. The Bertz CT molecular complexity index is 490. The van der Waals surface area contributed by atoms with Crippen molar-refractivity contribution in [2.45, 2.75) is 44.8 Å². The maximum atomic E-state index is 13.3. The Balaban J connectivity index is 2.48. The Morgan fingerprint density at radius 2 is 1.74 bits per heavy atom. The first-order chi connectivity index (χ1) is 8.70. The summed E-state index contributed by atoms with van der Waals surface area (Å²) in [5.41, 5.74) is 5.94. The van der Waals surface area contributed by atoms with E-state index in [-0.39, 0.29) is 12.3 Å². The second-order valence-corrected chi connectivity index (χ2v) is 5.95. The summed E-state index contributed by atoms with van der Waals surface area (Å²) in [6.07, 6.45) is 0.195. The van der Waals surface area contributed by atoms with Gasteiger partial charge in [0.25, 0.3) is 0 Å². The number of halogens is 2. The molecule has 1 fully saturated rings. The first-order valence-corrected chi connectivity index (χ1v) is 6.24. The van der Waals surface area contributed by atoms with Crippen LogP contribution in [0.25, 0.3) is 0 Å². The van der Waals surface area contributed by atoms with Gasteiger partial charge in [0.2, 0.25) is 5.91 Å². The van der Waals surface area contributed by atoms with Gasteiger partial charge in [-0.3, -0.25) is 4.79 Å². The number of nitrogens with two attached hydrogens (primary N) is 1. The number of rotatable bonds is 1. The Hall–Kier alpha value is -1.49. The Morgan fingerprint density at radius 3 is 2.21 bits per heavy atom. The van der Waals surface area contributed by atoms with Crippen LogP contribution in [-0.4, -0.2) is 22.4 Å². The first kappa shape index (κ1) is 13.9. The topological polar surface area (TPSA) is 46.3 Å². The van der Waals surface area contributed by atoms with Crippen LogP contribution in [0.3, 0.4) is 0 Å². The highest BCUT2D eigenvalue weighted by atomic mass is 19.1. The number of hydrogen-bond acceptors (Lipinski definition) is 2. The van der Waals surface area contributed by atoms with Crippen molar-refractivity contribution in [3.63, 3.8) is 0 Å². The van der Waals surface area contributed by atoms with E-state index in [0.717, 1.165) is 6.07 Å². The third-order valence-electron chi connectivity index (χ3n) is 3.31. The molecule has 1 aromatic carbocycles. The van der Waals surface area contributed by atoms with Crippen LogP contribution in [0.5, 0.6) is 0 Å². The van der Waals surface area contributed by atoms with Gasteiger partial charge in [0.1, 0.15) is 11.6 Å². The molecule has 0 aliphatic carbocycles. The zero-order valence-electron chi connectivity index (χ0n) is 11.3. The average molecular weight is 268 g/mol. The fourth-order valence-corrected chi connectivity index (χ4v) is 2.69. The standard InChI is InChI=1S/C14H18F2N2O/c1-14(2,3)18-12(19)7-11(17)13(18)8-4-9(15)6-10(16)5-8/h4-6,11,13H,7,17H2,1-3H3. The van der Waals surface area contributed by atoms with Crippen molar-refractivity contribution in [3.8, 4) is 0 Å². The van der Waals surface area contributed by atoms with Gasteiger partial charge in [-0.05, 0) is 38.5 Å². The van der Waals surface area contributed by atoms with Crippen LogP contribution >= 0.6 is 0 Å². The molecule has 0 radical (unpaired) electrons. The number of amides is 1. The van der Waals surface area contributed by atoms with E-state index < -0.39 is 29.3 Å². The quantitative estimate of drug-likeness (QED) is 0.850. The lowest BCUT2D eigenvalue weighted by Gasteiger charge is -2.38. The molecular weight excluding hydrogens is 250 g/mol. The van der Waals surface area contributed by atoms with Crippen LogP contribution in [0.15, 0.2) is 18.2 Å². The fraction of sp³-hybridized carbons (Fsp3) is 0.500. The van der Waals surface area contributed by atoms with Crippen LogP contribution in [0.4, 0.5) is 8.78 Å². The molecule has 19 heavy (non-hydrogen) atoms. The van der Waals surface area contributed by atoms with Crippen LogP contribution in [-0.2, 0) is 4.79 Å². The maximum absolute atomic E-state index is 13.3. The Labute approximate surface area is 111 Å². The van der Waals surface area contributed by atoms with Crippen molar-refractivity contribution in [1.29, 1.82) is 0 Å². The summed E-state index contributed by atoms with van der Waals surface area (Å²) >= 11 is 0. The average Bonchev–Trinajstić information content (AvgIpc) is 2.51. The van der Waals surface area contributed by atoms with E-state index in [1.807, 2.05) is 20.8 Å². The van der Waals surface area contributed by atoms with E-state index in [1.165, 1.54) is 12.1 Å². The Morgan fingerprint density at radius 1 is 1.21 bits per heavy atom. The van der Waals surface area contributed by atoms with Crippen molar-refractivity contribution < 1.29 is 13.6 Å². The highest BCUT2D eigenvalue weighted by Gasteiger charge is 2.44. The van der Waals surface area contributed by atoms with Crippen LogP contribution in [0.2, 0.25) is 0 Å². The van der Waals surface area contributed by atoms with Crippen molar-refractivity contribution in [1.82, 2.24) is 4.90 Å². The van der Waals surface area contributed by atoms with Gasteiger partial charge >= 0.3 is 0 Å². The van der Waals surface area contributed by atoms with Gasteiger partial charge in [-0.2, -0.15) is 0 Å². The third-order valence-corrected chi connectivity index (χ3v) is 3.31. The molecule has 2 atom stereocenters. The lowest BCUT2D eigenvalue weighted by atomic mass is 9.96. The van der Waals surface area contributed by atoms with Gasteiger partial charge in [-0.1, -0.05) is 0 Å². The molecule has 1 amide bonds. The van der Waals surface area contributed by atoms with E-state index in [2.05, 4.69) is 0 Å². The molecule has 0 aromatic heterocycles. The third kappa shape index (κ3) is 2.61. The molecule has 1 heterocycles. The Kier molecular flexibility index (Phi) is 3.34. The maximum Gasteiger partial charge on any atom is 0.225 e. The smallest absolute Gasteiger partial charge is 0.225 e. The number of nitrogens with zero attached hydrogens (tertiary/aromatic N) is 1. The molecular formula is C14H18F2N2O. The van der Waals surface area contributed by atoms with Crippen LogP contribution in [0, 0.1) is 11.6 Å². The summed E-state index contributed by atoms with van der Waals surface area (Å²) in [7, 11) is 0. The summed E-state index contributed by atoms with van der Waals surface area (Å²) in [5, 5.41) is 0. The number of hydrogen-bond donors (Lipinski definition) is 1. The predicted molar refractivity (Wildman–Crippen MR) is 68.3 cm³/mol. The van der Waals surface area contributed by atoms with E-state index in [4.69, 9.17) is 5.73 Å². The zero-order valence-corrected chi connectivity index (χ0v) is 11.3. The van der Waals surface area contributed by atoms with Crippen LogP contribution < -0.4 is 5.73 Å². The summed E-state index contributed by atoms with van der Waals surface area (Å²) < 4.78 is 26.7. The normalized spacial score (nSPS) is 24.1. The minimum atomic E-state index is -0.657. The van der Waals surface area contributed by atoms with Gasteiger partial charge in [-0.25, -0.2) is 8.78 Å². The van der Waals surface area contributed by atoms with E-state index in [1.54, 1.807) is 4.90 Å². The van der Waals surface area contributed by atoms with Crippen molar-refractivity contribution in [2.75, 3.05) is 0 Å². The van der Waals surface area contributed by atoms with E-state index in [0.29, 0.717) is 5.56 Å². The molecule has 1 saturated heterocycles. The van der Waals surface area contributed by atoms with Crippen molar-refractivity contribution in [3.05, 3.63) is 35.4 Å². The van der Waals surface area contributed by atoms with Gasteiger partial charge in [0.05, 0.1) is 6.04 Å². The van der Waals surface area contributed by atoms with Gasteiger partial charge < -0.3 is 10.6 Å². The minimum Gasteiger partial charge on any atom is -0.329 e. The van der Waals surface area contributed by atoms with Gasteiger partial charge in [0.15, 0.2) is 0 Å². The molecule has 3 nitrogen and oxygen atoms in total. The highest BCUT2D eigenvalue weighted by molar-refractivity contribution is 5.81. The van der Waals surface area contributed by atoms with Gasteiger partial charge in [-0.15, -0.1) is 0 Å². The molecule has 5 heteroatoms. The largest absolute Gasteiger partial charge is 0.329 e. The first-order valence-electron chi connectivity index (χ1n) is 6.24. The van der Waals surface area contributed by atoms with E-state index in [9.17, 15) is 13.6 Å². The summed E-state index contributed by atoms with van der Waals surface area (Å²) in [6.45, 7) is 5.64. The summed E-state index contributed by atoms with van der Waals surface area (Å²) in [4.78, 5) is 13.7.